The molecule has 26 heavy (non-hydrogen) atoms. The summed E-state index contributed by atoms with van der Waals surface area (Å²) in [6, 6.07) is 12.5. The second-order valence-electron chi connectivity index (χ2n) is 6.39. The number of aryl methyl sites for hydroxylation is 2. The van der Waals surface area contributed by atoms with Gasteiger partial charge in [0.2, 0.25) is 0 Å². The molecule has 134 valence electrons. The van der Waals surface area contributed by atoms with E-state index in [0.717, 1.165) is 21.2 Å². The number of allylic oxidation sites excluding steroid dienone is 1. The lowest BCUT2D eigenvalue weighted by molar-refractivity contribution is -0.113. The summed E-state index contributed by atoms with van der Waals surface area (Å²) in [5, 5.41) is 8.48. The van der Waals surface area contributed by atoms with E-state index in [4.69, 9.17) is 0 Å². The molecule has 0 bridgehead atoms. The molecule has 1 heterocycles. The van der Waals surface area contributed by atoms with Crippen molar-refractivity contribution in [1.29, 1.82) is 0 Å². The van der Waals surface area contributed by atoms with Crippen molar-refractivity contribution < 1.29 is 9.59 Å². The Kier molecular flexibility index (Phi) is 5.13. The van der Waals surface area contributed by atoms with Crippen LogP contribution in [0.2, 0.25) is 0 Å². The molecule has 0 saturated carbocycles. The summed E-state index contributed by atoms with van der Waals surface area (Å²) in [5.41, 5.74) is 4.81. The minimum atomic E-state index is -0.500. The highest BCUT2D eigenvalue weighted by Gasteiger charge is 2.32. The summed E-state index contributed by atoms with van der Waals surface area (Å²) < 4.78 is 0.936. The van der Waals surface area contributed by atoms with Crippen molar-refractivity contribution in [3.8, 4) is 0 Å². The molecular weight excluding hydrogens is 394 g/mol. The number of halogens is 1. The van der Waals surface area contributed by atoms with Gasteiger partial charge in [-0.25, -0.2) is 4.79 Å². The van der Waals surface area contributed by atoms with Crippen LogP contribution in [-0.2, 0) is 4.79 Å². The van der Waals surface area contributed by atoms with Gasteiger partial charge in [-0.3, -0.25) is 4.79 Å². The van der Waals surface area contributed by atoms with Crippen molar-refractivity contribution in [3.05, 3.63) is 74.9 Å². The van der Waals surface area contributed by atoms with Gasteiger partial charge in [0.1, 0.15) is 0 Å². The Balaban J connectivity index is 1.97. The van der Waals surface area contributed by atoms with Crippen LogP contribution in [0, 0.1) is 13.8 Å². The molecule has 1 aliphatic rings. The maximum atomic E-state index is 13.0. The third kappa shape index (κ3) is 3.80. The molecular formula is C20H20BrN3O2. The standard InChI is InChI=1S/C20H20BrN3O2/c1-11-4-9-16(12(2)10-11)18-17(13(3)22-20(26)24-18)19(25)23-15-7-5-14(21)6-8-15/h4-10,18H,1-3H3,(H,23,25)(H2,22,24,26)/t18-/m1/s1. The highest BCUT2D eigenvalue weighted by atomic mass is 79.9. The van der Waals surface area contributed by atoms with Crippen LogP contribution in [0.15, 0.2) is 58.2 Å². The molecule has 0 spiro atoms. The van der Waals surface area contributed by atoms with Gasteiger partial charge in [0.05, 0.1) is 11.6 Å². The fraction of sp³-hybridized carbons (Fsp3) is 0.200. The monoisotopic (exact) mass is 413 g/mol. The van der Waals surface area contributed by atoms with Gasteiger partial charge in [-0.15, -0.1) is 0 Å². The SMILES string of the molecule is CC1=C(C(=O)Nc2ccc(Br)cc2)[C@@H](c2ccc(C)cc2C)NC(=O)N1. The summed E-state index contributed by atoms with van der Waals surface area (Å²) in [6.45, 7) is 5.74. The van der Waals surface area contributed by atoms with Gasteiger partial charge in [0.15, 0.2) is 0 Å². The topological polar surface area (TPSA) is 70.2 Å². The number of carbonyl (C=O) groups excluding carboxylic acids is 2. The largest absolute Gasteiger partial charge is 0.327 e. The normalized spacial score (nSPS) is 16.8. The lowest BCUT2D eigenvalue weighted by atomic mass is 9.91. The molecule has 1 atom stereocenters. The third-order valence-corrected chi connectivity index (χ3v) is 4.88. The zero-order valence-corrected chi connectivity index (χ0v) is 16.4. The van der Waals surface area contributed by atoms with Crippen LogP contribution < -0.4 is 16.0 Å². The lowest BCUT2D eigenvalue weighted by Crippen LogP contribution is -2.46. The Morgan fingerprint density at radius 3 is 2.42 bits per heavy atom. The Hall–Kier alpha value is -2.60. The zero-order valence-electron chi connectivity index (χ0n) is 14.8. The minimum absolute atomic E-state index is 0.248. The second-order valence-corrected chi connectivity index (χ2v) is 7.31. The molecule has 3 rings (SSSR count). The molecule has 2 aromatic rings. The van der Waals surface area contributed by atoms with Gasteiger partial charge in [0, 0.05) is 15.9 Å². The highest BCUT2D eigenvalue weighted by molar-refractivity contribution is 9.10. The van der Waals surface area contributed by atoms with Gasteiger partial charge < -0.3 is 16.0 Å². The molecule has 3 N–H and O–H groups in total. The summed E-state index contributed by atoms with van der Waals surface area (Å²) in [4.78, 5) is 25.0. The first-order valence-corrected chi connectivity index (χ1v) is 9.07. The smallest absolute Gasteiger partial charge is 0.319 e. The molecule has 0 aromatic heterocycles. The number of urea groups is 1. The van der Waals surface area contributed by atoms with Crippen LogP contribution in [0.4, 0.5) is 10.5 Å². The van der Waals surface area contributed by atoms with E-state index >= 15 is 0 Å². The Morgan fingerprint density at radius 2 is 1.77 bits per heavy atom. The van der Waals surface area contributed by atoms with E-state index in [1.807, 2.05) is 56.3 Å². The van der Waals surface area contributed by atoms with E-state index in [1.54, 1.807) is 6.92 Å². The van der Waals surface area contributed by atoms with Gasteiger partial charge in [-0.2, -0.15) is 0 Å². The lowest BCUT2D eigenvalue weighted by Gasteiger charge is -2.29. The van der Waals surface area contributed by atoms with Crippen molar-refractivity contribution in [2.24, 2.45) is 0 Å². The summed E-state index contributed by atoms with van der Waals surface area (Å²) in [7, 11) is 0. The van der Waals surface area contributed by atoms with Gasteiger partial charge in [-0.05, 0) is 56.2 Å². The number of carbonyl (C=O) groups is 2. The first kappa shape index (κ1) is 18.2. The van der Waals surface area contributed by atoms with Gasteiger partial charge >= 0.3 is 6.03 Å². The van der Waals surface area contributed by atoms with Crippen molar-refractivity contribution in [2.75, 3.05) is 5.32 Å². The molecule has 0 fully saturated rings. The highest BCUT2D eigenvalue weighted by Crippen LogP contribution is 2.30. The molecule has 0 unspecified atom stereocenters. The van der Waals surface area contributed by atoms with E-state index in [-0.39, 0.29) is 11.9 Å². The van der Waals surface area contributed by atoms with E-state index < -0.39 is 6.04 Å². The van der Waals surface area contributed by atoms with Crippen LogP contribution in [0.3, 0.4) is 0 Å². The summed E-state index contributed by atoms with van der Waals surface area (Å²) in [6.07, 6.45) is 0. The van der Waals surface area contributed by atoms with Crippen molar-refractivity contribution in [2.45, 2.75) is 26.8 Å². The summed E-state index contributed by atoms with van der Waals surface area (Å²) in [5.74, 6) is -0.248. The van der Waals surface area contributed by atoms with Crippen molar-refractivity contribution >= 4 is 33.6 Å². The molecule has 0 radical (unpaired) electrons. The Bertz CT molecular complexity index is 904. The Labute approximate surface area is 161 Å². The maximum absolute atomic E-state index is 13.0. The quantitative estimate of drug-likeness (QED) is 0.700. The van der Waals surface area contributed by atoms with Crippen LogP contribution in [0.1, 0.15) is 29.7 Å². The molecule has 6 heteroatoms. The van der Waals surface area contributed by atoms with E-state index in [2.05, 4.69) is 31.9 Å². The number of amides is 3. The Morgan fingerprint density at radius 1 is 1.08 bits per heavy atom. The number of hydrogen-bond donors (Lipinski definition) is 3. The number of hydrogen-bond acceptors (Lipinski definition) is 2. The van der Waals surface area contributed by atoms with E-state index in [1.165, 1.54) is 0 Å². The summed E-state index contributed by atoms with van der Waals surface area (Å²) >= 11 is 3.38. The molecule has 0 aliphatic carbocycles. The predicted octanol–water partition coefficient (Wildman–Crippen LogP) is 4.33. The fourth-order valence-electron chi connectivity index (χ4n) is 3.11. The first-order chi connectivity index (χ1) is 12.3. The second kappa shape index (κ2) is 7.33. The number of anilines is 1. The molecule has 0 saturated heterocycles. The minimum Gasteiger partial charge on any atom is -0.327 e. The number of benzene rings is 2. The van der Waals surface area contributed by atoms with Crippen LogP contribution in [0.25, 0.3) is 0 Å². The predicted molar refractivity (Wildman–Crippen MR) is 106 cm³/mol. The van der Waals surface area contributed by atoms with Crippen LogP contribution >= 0.6 is 15.9 Å². The zero-order chi connectivity index (χ0) is 18.8. The van der Waals surface area contributed by atoms with E-state index in [0.29, 0.717) is 17.0 Å². The first-order valence-electron chi connectivity index (χ1n) is 8.27. The van der Waals surface area contributed by atoms with Crippen LogP contribution in [-0.4, -0.2) is 11.9 Å². The van der Waals surface area contributed by atoms with Crippen molar-refractivity contribution in [3.63, 3.8) is 0 Å². The molecule has 5 nitrogen and oxygen atoms in total. The van der Waals surface area contributed by atoms with Crippen molar-refractivity contribution in [1.82, 2.24) is 10.6 Å². The molecule has 3 amide bonds. The van der Waals surface area contributed by atoms with Gasteiger partial charge in [-0.1, -0.05) is 39.7 Å². The average molecular weight is 414 g/mol. The fourth-order valence-corrected chi connectivity index (χ4v) is 3.37. The molecule has 2 aromatic carbocycles. The number of nitrogens with one attached hydrogen (secondary N) is 3. The molecule has 1 aliphatic heterocycles. The average Bonchev–Trinajstić information content (AvgIpc) is 2.56. The van der Waals surface area contributed by atoms with Crippen LogP contribution in [0.5, 0.6) is 0 Å². The third-order valence-electron chi connectivity index (χ3n) is 4.35. The van der Waals surface area contributed by atoms with Gasteiger partial charge in [0.25, 0.3) is 5.91 Å². The van der Waals surface area contributed by atoms with E-state index in [9.17, 15) is 9.59 Å². The number of rotatable bonds is 3. The maximum Gasteiger partial charge on any atom is 0.319 e.